The molecule has 0 heterocycles. The summed E-state index contributed by atoms with van der Waals surface area (Å²) in [6.45, 7) is 0. The van der Waals surface area contributed by atoms with Crippen LogP contribution in [0.25, 0.3) is 0 Å². The van der Waals surface area contributed by atoms with Crippen LogP contribution in [0, 0.1) is 10.1 Å². The molecule has 0 unspecified atom stereocenters. The van der Waals surface area contributed by atoms with Crippen LogP contribution in [0.2, 0.25) is 0 Å². The van der Waals surface area contributed by atoms with Gasteiger partial charge in [0.25, 0.3) is 5.69 Å². The van der Waals surface area contributed by atoms with Crippen molar-refractivity contribution >= 4 is 34.9 Å². The molecule has 0 radical (unpaired) electrons. The SMILES string of the molecule is O=[N+]([O-])c1ccccc1NC(=S)N/N=C/c1ccc(O)cc1O. The number of hydrazone groups is 1. The quantitative estimate of drug-likeness (QED) is 0.293. The molecule has 0 amide bonds. The van der Waals surface area contributed by atoms with Crippen LogP contribution in [0.1, 0.15) is 5.56 Å². The van der Waals surface area contributed by atoms with Crippen LogP contribution in [0.3, 0.4) is 0 Å². The summed E-state index contributed by atoms with van der Waals surface area (Å²) in [5, 5.41) is 36.2. The first kappa shape index (κ1) is 16.2. The highest BCUT2D eigenvalue weighted by Crippen LogP contribution is 2.23. The zero-order chi connectivity index (χ0) is 16.8. The molecule has 0 aliphatic carbocycles. The molecule has 4 N–H and O–H groups in total. The van der Waals surface area contributed by atoms with E-state index in [0.717, 1.165) is 0 Å². The minimum Gasteiger partial charge on any atom is -0.508 e. The molecule has 0 aliphatic heterocycles. The number of nitrogens with zero attached hydrogens (tertiary/aromatic N) is 2. The van der Waals surface area contributed by atoms with Crippen LogP contribution >= 0.6 is 12.2 Å². The van der Waals surface area contributed by atoms with Gasteiger partial charge in [0.2, 0.25) is 0 Å². The van der Waals surface area contributed by atoms with Gasteiger partial charge < -0.3 is 15.5 Å². The molecule has 0 spiro atoms. The van der Waals surface area contributed by atoms with Crippen molar-refractivity contribution in [1.82, 2.24) is 5.43 Å². The summed E-state index contributed by atoms with van der Waals surface area (Å²) >= 11 is 4.99. The highest BCUT2D eigenvalue weighted by Gasteiger charge is 2.12. The highest BCUT2D eigenvalue weighted by atomic mass is 32.1. The molecule has 0 fully saturated rings. The van der Waals surface area contributed by atoms with Gasteiger partial charge in [-0.15, -0.1) is 0 Å². The Labute approximate surface area is 136 Å². The molecule has 2 aromatic rings. The molecule has 118 valence electrons. The summed E-state index contributed by atoms with van der Waals surface area (Å²) < 4.78 is 0. The lowest BCUT2D eigenvalue weighted by atomic mass is 10.2. The van der Waals surface area contributed by atoms with Gasteiger partial charge in [-0.25, -0.2) is 0 Å². The second-order valence-electron chi connectivity index (χ2n) is 4.34. The first-order valence-corrected chi connectivity index (χ1v) is 6.73. The molecule has 0 atom stereocenters. The van der Waals surface area contributed by atoms with E-state index in [-0.39, 0.29) is 28.0 Å². The number of phenols is 2. The van der Waals surface area contributed by atoms with E-state index in [4.69, 9.17) is 12.2 Å². The van der Waals surface area contributed by atoms with Crippen molar-refractivity contribution in [3.8, 4) is 11.5 Å². The van der Waals surface area contributed by atoms with E-state index in [1.165, 1.54) is 36.5 Å². The molecule has 2 aromatic carbocycles. The zero-order valence-electron chi connectivity index (χ0n) is 11.6. The number of rotatable bonds is 4. The van der Waals surface area contributed by atoms with Crippen molar-refractivity contribution in [2.75, 3.05) is 5.32 Å². The number of benzene rings is 2. The largest absolute Gasteiger partial charge is 0.508 e. The van der Waals surface area contributed by atoms with E-state index >= 15 is 0 Å². The monoisotopic (exact) mass is 332 g/mol. The average molecular weight is 332 g/mol. The van der Waals surface area contributed by atoms with E-state index < -0.39 is 4.92 Å². The number of nitro groups is 1. The molecule has 0 aromatic heterocycles. The number of hydrogen-bond acceptors (Lipinski definition) is 6. The summed E-state index contributed by atoms with van der Waals surface area (Å²) in [6, 6.07) is 10.1. The molecule has 0 saturated carbocycles. The van der Waals surface area contributed by atoms with Crippen LogP contribution in [0.5, 0.6) is 11.5 Å². The molecular weight excluding hydrogens is 320 g/mol. The Balaban J connectivity index is 2.00. The zero-order valence-corrected chi connectivity index (χ0v) is 12.4. The number of thiocarbonyl (C=S) groups is 1. The van der Waals surface area contributed by atoms with Crippen LogP contribution in [-0.4, -0.2) is 26.5 Å². The molecule has 9 heteroatoms. The Morgan fingerprint density at radius 1 is 1.26 bits per heavy atom. The van der Waals surface area contributed by atoms with Crippen molar-refractivity contribution in [2.24, 2.45) is 5.10 Å². The Morgan fingerprint density at radius 3 is 2.70 bits per heavy atom. The van der Waals surface area contributed by atoms with Crippen LogP contribution < -0.4 is 10.7 Å². The number of aromatic hydroxyl groups is 2. The van der Waals surface area contributed by atoms with E-state index in [0.29, 0.717) is 5.56 Å². The normalized spacial score (nSPS) is 10.4. The second-order valence-corrected chi connectivity index (χ2v) is 4.75. The third-order valence-electron chi connectivity index (χ3n) is 2.73. The number of para-hydroxylation sites is 2. The van der Waals surface area contributed by atoms with Crippen molar-refractivity contribution in [2.45, 2.75) is 0 Å². The maximum Gasteiger partial charge on any atom is 0.292 e. The van der Waals surface area contributed by atoms with E-state index in [9.17, 15) is 20.3 Å². The first-order valence-electron chi connectivity index (χ1n) is 6.33. The van der Waals surface area contributed by atoms with Crippen LogP contribution in [0.4, 0.5) is 11.4 Å². The molecule has 8 nitrogen and oxygen atoms in total. The second kappa shape index (κ2) is 7.18. The fraction of sp³-hybridized carbons (Fsp3) is 0. The van der Waals surface area contributed by atoms with E-state index in [1.54, 1.807) is 12.1 Å². The number of nitro benzene ring substituents is 1. The summed E-state index contributed by atoms with van der Waals surface area (Å²) in [7, 11) is 0. The van der Waals surface area contributed by atoms with Gasteiger partial charge in [0, 0.05) is 17.7 Å². The third kappa shape index (κ3) is 4.38. The van der Waals surface area contributed by atoms with Gasteiger partial charge in [-0.3, -0.25) is 15.5 Å². The fourth-order valence-electron chi connectivity index (χ4n) is 1.69. The Kier molecular flexibility index (Phi) is 5.05. The lowest BCUT2D eigenvalue weighted by Crippen LogP contribution is -2.24. The summed E-state index contributed by atoms with van der Waals surface area (Å²) in [5.41, 5.74) is 2.97. The lowest BCUT2D eigenvalue weighted by Gasteiger charge is -2.07. The minimum absolute atomic E-state index is 0.0498. The van der Waals surface area contributed by atoms with Gasteiger partial charge in [-0.05, 0) is 30.4 Å². The maximum absolute atomic E-state index is 10.9. The van der Waals surface area contributed by atoms with Crippen LogP contribution in [0.15, 0.2) is 47.6 Å². The van der Waals surface area contributed by atoms with Crippen molar-refractivity contribution in [1.29, 1.82) is 0 Å². The van der Waals surface area contributed by atoms with Gasteiger partial charge in [0.15, 0.2) is 5.11 Å². The Hall–Kier alpha value is -3.20. The number of phenolic OH excluding ortho intramolecular Hbond substituents is 2. The standard InChI is InChI=1S/C14H12N4O4S/c19-10-6-5-9(13(20)7-10)8-15-17-14(23)16-11-3-1-2-4-12(11)18(21)22/h1-8,19-20H,(H2,16,17,23)/b15-8+. The average Bonchev–Trinajstić information content (AvgIpc) is 2.50. The summed E-state index contributed by atoms with van der Waals surface area (Å²) in [6.07, 6.45) is 1.29. The lowest BCUT2D eigenvalue weighted by molar-refractivity contribution is -0.383. The van der Waals surface area contributed by atoms with Crippen LogP contribution in [-0.2, 0) is 0 Å². The maximum atomic E-state index is 10.9. The van der Waals surface area contributed by atoms with E-state index in [2.05, 4.69) is 15.8 Å². The van der Waals surface area contributed by atoms with E-state index in [1.807, 2.05) is 0 Å². The topological polar surface area (TPSA) is 120 Å². The van der Waals surface area contributed by atoms with Gasteiger partial charge in [-0.2, -0.15) is 5.10 Å². The third-order valence-corrected chi connectivity index (χ3v) is 2.93. The van der Waals surface area contributed by atoms with Crippen molar-refractivity contribution in [3.63, 3.8) is 0 Å². The van der Waals surface area contributed by atoms with Crippen molar-refractivity contribution < 1.29 is 15.1 Å². The predicted octanol–water partition coefficient (Wildman–Crippen LogP) is 2.33. The molecule has 0 aliphatic rings. The molecular formula is C14H12N4O4S. The smallest absolute Gasteiger partial charge is 0.292 e. The Bertz CT molecular complexity index is 779. The predicted molar refractivity (Wildman–Crippen MR) is 89.8 cm³/mol. The fourth-order valence-corrected chi connectivity index (χ4v) is 1.85. The molecule has 0 saturated heterocycles. The highest BCUT2D eigenvalue weighted by molar-refractivity contribution is 7.80. The Morgan fingerprint density at radius 2 is 2.00 bits per heavy atom. The van der Waals surface area contributed by atoms with Gasteiger partial charge in [0.05, 0.1) is 11.1 Å². The first-order chi connectivity index (χ1) is 11.0. The van der Waals surface area contributed by atoms with Gasteiger partial charge in [0.1, 0.15) is 17.2 Å². The molecule has 23 heavy (non-hydrogen) atoms. The van der Waals surface area contributed by atoms with Gasteiger partial charge in [-0.1, -0.05) is 12.1 Å². The number of anilines is 1. The van der Waals surface area contributed by atoms with Gasteiger partial charge >= 0.3 is 0 Å². The van der Waals surface area contributed by atoms with Crippen molar-refractivity contribution in [3.05, 3.63) is 58.1 Å². The number of hydrogen-bond donors (Lipinski definition) is 4. The minimum atomic E-state index is -0.525. The summed E-state index contributed by atoms with van der Waals surface area (Å²) in [5.74, 6) is -0.214. The summed E-state index contributed by atoms with van der Waals surface area (Å²) in [4.78, 5) is 10.4. The molecule has 2 rings (SSSR count). The number of nitrogens with one attached hydrogen (secondary N) is 2. The molecule has 0 bridgehead atoms.